The number of hydrogen-bond acceptors (Lipinski definition) is 6. The molecule has 3 aromatic rings. The van der Waals surface area contributed by atoms with Crippen LogP contribution in [0.25, 0.3) is 11.2 Å². The SMILES string of the molecule is FC(F)Cn1ncc2ncc(NC3CCC4(CC3)CCN(c3cc(C(F)(F)F)ccn3)C4)nc21. The maximum atomic E-state index is 13.1. The lowest BCUT2D eigenvalue weighted by Gasteiger charge is -2.37. The first-order valence-corrected chi connectivity index (χ1v) is 11.2. The number of fused-ring (bicyclic) bond motifs is 1. The van der Waals surface area contributed by atoms with E-state index in [-0.39, 0.29) is 11.5 Å². The molecule has 2 aliphatic rings. The molecular weight excluding hydrogens is 457 g/mol. The highest BCUT2D eigenvalue weighted by Crippen LogP contribution is 2.45. The van der Waals surface area contributed by atoms with Crippen LogP contribution in [0.4, 0.5) is 33.6 Å². The molecule has 3 aromatic heterocycles. The van der Waals surface area contributed by atoms with E-state index in [4.69, 9.17) is 0 Å². The first-order valence-electron chi connectivity index (χ1n) is 11.2. The van der Waals surface area contributed by atoms with Crippen molar-refractivity contribution in [3.63, 3.8) is 0 Å². The highest BCUT2D eigenvalue weighted by atomic mass is 19.4. The molecule has 0 amide bonds. The monoisotopic (exact) mass is 481 g/mol. The Labute approximate surface area is 192 Å². The van der Waals surface area contributed by atoms with E-state index in [0.717, 1.165) is 48.9 Å². The number of anilines is 2. The summed E-state index contributed by atoms with van der Waals surface area (Å²) in [4.78, 5) is 14.8. The van der Waals surface area contributed by atoms with E-state index in [2.05, 4.69) is 25.4 Å². The zero-order valence-corrected chi connectivity index (χ0v) is 18.3. The summed E-state index contributed by atoms with van der Waals surface area (Å²) in [5.41, 5.74) is 0.152. The predicted molar refractivity (Wildman–Crippen MR) is 116 cm³/mol. The lowest BCUT2D eigenvalue weighted by atomic mass is 9.72. The summed E-state index contributed by atoms with van der Waals surface area (Å²) in [6.07, 6.45) is 1.82. The molecule has 0 bridgehead atoms. The summed E-state index contributed by atoms with van der Waals surface area (Å²) in [5, 5.41) is 7.30. The molecule has 0 atom stereocenters. The molecule has 0 aromatic carbocycles. The number of nitrogens with zero attached hydrogens (tertiary/aromatic N) is 6. The Balaban J connectivity index is 1.21. The molecule has 34 heavy (non-hydrogen) atoms. The van der Waals surface area contributed by atoms with Crippen LogP contribution in [-0.2, 0) is 12.7 Å². The Morgan fingerprint density at radius 3 is 2.65 bits per heavy atom. The normalized spacial score (nSPS) is 23.4. The summed E-state index contributed by atoms with van der Waals surface area (Å²) >= 11 is 0. The van der Waals surface area contributed by atoms with Gasteiger partial charge in [-0.1, -0.05) is 0 Å². The van der Waals surface area contributed by atoms with Crippen LogP contribution >= 0.6 is 0 Å². The Hall–Kier alpha value is -3.05. The first kappa shape index (κ1) is 22.7. The van der Waals surface area contributed by atoms with Crippen molar-refractivity contribution in [2.24, 2.45) is 5.41 Å². The Kier molecular flexibility index (Phi) is 5.76. The number of rotatable bonds is 5. The second-order valence-electron chi connectivity index (χ2n) is 9.17. The van der Waals surface area contributed by atoms with Gasteiger partial charge in [0.15, 0.2) is 5.65 Å². The standard InChI is InChI=1S/C22H24F5N7/c23-17(24)12-34-20-16(10-30-34)29-11-18(32-20)31-15-1-4-21(5-2-15)6-8-33(13-21)19-9-14(3-7-28-19)22(25,26)27/h3,7,9-11,15,17H,1-2,4-6,8,12-13H2,(H,31,32). The van der Waals surface area contributed by atoms with Gasteiger partial charge in [-0.2, -0.15) is 18.3 Å². The van der Waals surface area contributed by atoms with Gasteiger partial charge < -0.3 is 10.2 Å². The summed E-state index contributed by atoms with van der Waals surface area (Å²) in [6.45, 7) is 0.833. The molecule has 1 saturated carbocycles. The van der Waals surface area contributed by atoms with Crippen molar-refractivity contribution >= 4 is 22.8 Å². The van der Waals surface area contributed by atoms with Gasteiger partial charge in [0.2, 0.25) is 0 Å². The molecule has 1 spiro atoms. The Morgan fingerprint density at radius 2 is 1.91 bits per heavy atom. The fourth-order valence-electron chi connectivity index (χ4n) is 5.07. The third-order valence-electron chi connectivity index (χ3n) is 6.89. The van der Waals surface area contributed by atoms with Crippen LogP contribution in [-0.4, -0.2) is 50.3 Å². The van der Waals surface area contributed by atoms with Crippen molar-refractivity contribution in [3.05, 3.63) is 36.3 Å². The summed E-state index contributed by atoms with van der Waals surface area (Å²) in [5.74, 6) is 0.890. The molecule has 5 rings (SSSR count). The zero-order valence-electron chi connectivity index (χ0n) is 18.3. The maximum absolute atomic E-state index is 13.1. The van der Waals surface area contributed by atoms with Crippen LogP contribution in [0.5, 0.6) is 0 Å². The maximum Gasteiger partial charge on any atom is 0.416 e. The van der Waals surface area contributed by atoms with Crippen LogP contribution in [0, 0.1) is 5.41 Å². The van der Waals surface area contributed by atoms with Gasteiger partial charge in [-0.05, 0) is 49.7 Å². The summed E-state index contributed by atoms with van der Waals surface area (Å²) in [7, 11) is 0. The van der Waals surface area contributed by atoms with Crippen molar-refractivity contribution < 1.29 is 22.0 Å². The lowest BCUT2D eigenvalue weighted by molar-refractivity contribution is -0.137. The molecule has 0 radical (unpaired) electrons. The Morgan fingerprint density at radius 1 is 1.12 bits per heavy atom. The molecule has 1 saturated heterocycles. The van der Waals surface area contributed by atoms with E-state index >= 15 is 0 Å². The van der Waals surface area contributed by atoms with Crippen molar-refractivity contribution in [3.8, 4) is 0 Å². The molecule has 12 heteroatoms. The van der Waals surface area contributed by atoms with E-state index in [0.29, 0.717) is 35.9 Å². The zero-order chi connectivity index (χ0) is 23.9. The second kappa shape index (κ2) is 8.62. The third-order valence-corrected chi connectivity index (χ3v) is 6.89. The number of alkyl halides is 5. The average Bonchev–Trinajstić information content (AvgIpc) is 3.39. The smallest absolute Gasteiger partial charge is 0.366 e. The van der Waals surface area contributed by atoms with Crippen LogP contribution in [0.3, 0.4) is 0 Å². The minimum atomic E-state index is -4.39. The third kappa shape index (κ3) is 4.62. The van der Waals surface area contributed by atoms with E-state index in [9.17, 15) is 22.0 Å². The molecular formula is C22H24F5N7. The van der Waals surface area contributed by atoms with Crippen molar-refractivity contribution in [2.45, 2.75) is 57.3 Å². The molecule has 182 valence electrons. The quantitative estimate of drug-likeness (QED) is 0.530. The first-order chi connectivity index (χ1) is 16.2. The lowest BCUT2D eigenvalue weighted by Crippen LogP contribution is -2.36. The van der Waals surface area contributed by atoms with E-state index in [1.54, 1.807) is 6.20 Å². The van der Waals surface area contributed by atoms with Crippen LogP contribution < -0.4 is 10.2 Å². The van der Waals surface area contributed by atoms with Gasteiger partial charge in [0.25, 0.3) is 6.43 Å². The minimum Gasteiger partial charge on any atom is -0.366 e. The molecule has 1 aliphatic heterocycles. The van der Waals surface area contributed by atoms with Gasteiger partial charge in [-0.3, -0.25) is 0 Å². The summed E-state index contributed by atoms with van der Waals surface area (Å²) < 4.78 is 65.9. The van der Waals surface area contributed by atoms with Crippen LogP contribution in [0.15, 0.2) is 30.7 Å². The highest BCUT2D eigenvalue weighted by molar-refractivity contribution is 5.71. The molecule has 1 aliphatic carbocycles. The van der Waals surface area contributed by atoms with Gasteiger partial charge in [0.05, 0.1) is 18.0 Å². The van der Waals surface area contributed by atoms with Crippen molar-refractivity contribution in [1.82, 2.24) is 24.7 Å². The van der Waals surface area contributed by atoms with Gasteiger partial charge in [-0.15, -0.1) is 0 Å². The topological polar surface area (TPSA) is 71.8 Å². The summed E-state index contributed by atoms with van der Waals surface area (Å²) in [6, 6.07) is 2.27. The predicted octanol–water partition coefficient (Wildman–Crippen LogP) is 4.76. The number of aromatic nitrogens is 5. The van der Waals surface area contributed by atoms with Gasteiger partial charge in [-0.25, -0.2) is 28.4 Å². The fourth-order valence-corrected chi connectivity index (χ4v) is 5.07. The second-order valence-corrected chi connectivity index (χ2v) is 9.17. The highest BCUT2D eigenvalue weighted by Gasteiger charge is 2.42. The van der Waals surface area contributed by atoms with Crippen molar-refractivity contribution in [1.29, 1.82) is 0 Å². The molecule has 7 nitrogen and oxygen atoms in total. The van der Waals surface area contributed by atoms with E-state index in [1.807, 2.05) is 4.90 Å². The van der Waals surface area contributed by atoms with Crippen molar-refractivity contribution in [2.75, 3.05) is 23.3 Å². The number of nitrogens with one attached hydrogen (secondary N) is 1. The number of hydrogen-bond donors (Lipinski definition) is 1. The Bertz CT molecular complexity index is 1150. The number of pyridine rings is 1. The molecule has 0 unspecified atom stereocenters. The number of halogens is 5. The average molecular weight is 481 g/mol. The van der Waals surface area contributed by atoms with Crippen LogP contribution in [0.1, 0.15) is 37.7 Å². The fraction of sp³-hybridized carbons (Fsp3) is 0.545. The van der Waals surface area contributed by atoms with E-state index in [1.165, 1.54) is 12.4 Å². The van der Waals surface area contributed by atoms with Gasteiger partial charge >= 0.3 is 6.18 Å². The largest absolute Gasteiger partial charge is 0.416 e. The van der Waals surface area contributed by atoms with Crippen LogP contribution in [0.2, 0.25) is 0 Å². The molecule has 4 heterocycles. The minimum absolute atomic E-state index is 0.0552. The van der Waals surface area contributed by atoms with E-state index < -0.39 is 24.7 Å². The van der Waals surface area contributed by atoms with Gasteiger partial charge in [0, 0.05) is 25.3 Å². The molecule has 2 fully saturated rings. The molecule has 1 N–H and O–H groups in total. The van der Waals surface area contributed by atoms with Gasteiger partial charge in [0.1, 0.15) is 23.7 Å².